The van der Waals surface area contributed by atoms with Gasteiger partial charge in [0.1, 0.15) is 11.9 Å². The van der Waals surface area contributed by atoms with Gasteiger partial charge in [-0.2, -0.15) is 0 Å². The van der Waals surface area contributed by atoms with Crippen LogP contribution in [0.1, 0.15) is 39.8 Å². The van der Waals surface area contributed by atoms with Crippen molar-refractivity contribution in [1.82, 2.24) is 24.8 Å². The van der Waals surface area contributed by atoms with Crippen molar-refractivity contribution in [1.29, 1.82) is 0 Å². The second-order valence-electron chi connectivity index (χ2n) is 8.80. The number of aromatic nitrogens is 3. The van der Waals surface area contributed by atoms with Gasteiger partial charge in [0, 0.05) is 32.6 Å². The van der Waals surface area contributed by atoms with Gasteiger partial charge in [-0.25, -0.2) is 4.68 Å². The fourth-order valence-electron chi connectivity index (χ4n) is 4.59. The van der Waals surface area contributed by atoms with E-state index in [-0.39, 0.29) is 24.5 Å². The molecule has 3 heterocycles. The van der Waals surface area contributed by atoms with Gasteiger partial charge in [-0.15, -0.1) is 5.10 Å². The molecule has 0 saturated carbocycles. The summed E-state index contributed by atoms with van der Waals surface area (Å²) in [7, 11) is 1.63. The van der Waals surface area contributed by atoms with E-state index in [1.54, 1.807) is 16.7 Å². The molecule has 3 aromatic rings. The highest BCUT2D eigenvalue weighted by Crippen LogP contribution is 2.27. The van der Waals surface area contributed by atoms with Crippen LogP contribution in [0.2, 0.25) is 0 Å². The summed E-state index contributed by atoms with van der Waals surface area (Å²) in [6.45, 7) is 2.79. The van der Waals surface area contributed by atoms with E-state index in [1.165, 1.54) is 0 Å². The first kappa shape index (κ1) is 23.0. The largest absolute Gasteiger partial charge is 0.497 e. The number of piperazine rings is 1. The van der Waals surface area contributed by atoms with Crippen molar-refractivity contribution in [3.05, 3.63) is 77.1 Å². The Bertz CT molecular complexity index is 1190. The Morgan fingerprint density at radius 1 is 1.03 bits per heavy atom. The first-order chi connectivity index (χ1) is 17.1. The molecule has 0 bridgehead atoms. The van der Waals surface area contributed by atoms with E-state index in [0.717, 1.165) is 16.9 Å². The SMILES string of the molecule is COc1cccc(CCC(=O)N2CCN(C(=O)c3nnn4c3CO[C@@H](c3ccccc3)C4)CC2)c1. The quantitative estimate of drug-likeness (QED) is 0.544. The number of nitrogens with zero attached hydrogens (tertiary/aromatic N) is 5. The molecule has 0 radical (unpaired) electrons. The number of ether oxygens (including phenoxy) is 2. The molecule has 2 aromatic carbocycles. The normalized spacial score (nSPS) is 17.7. The molecule has 182 valence electrons. The van der Waals surface area contributed by atoms with Gasteiger partial charge in [0.15, 0.2) is 5.69 Å². The Hall–Kier alpha value is -3.72. The maximum atomic E-state index is 13.2. The molecule has 9 nitrogen and oxygen atoms in total. The molecule has 5 rings (SSSR count). The molecule has 2 amide bonds. The Balaban J connectivity index is 1.14. The summed E-state index contributed by atoms with van der Waals surface area (Å²) in [5.74, 6) is 0.733. The van der Waals surface area contributed by atoms with Gasteiger partial charge in [0.25, 0.3) is 5.91 Å². The minimum Gasteiger partial charge on any atom is -0.497 e. The molecule has 1 atom stereocenters. The van der Waals surface area contributed by atoms with Crippen LogP contribution >= 0.6 is 0 Å². The lowest BCUT2D eigenvalue weighted by atomic mass is 10.1. The van der Waals surface area contributed by atoms with Crippen LogP contribution in [0.3, 0.4) is 0 Å². The summed E-state index contributed by atoms with van der Waals surface area (Å²) < 4.78 is 13.0. The van der Waals surface area contributed by atoms with Crippen LogP contribution in [0.25, 0.3) is 0 Å². The van der Waals surface area contributed by atoms with E-state index >= 15 is 0 Å². The Labute approximate surface area is 204 Å². The van der Waals surface area contributed by atoms with Crippen LogP contribution < -0.4 is 4.74 Å². The minimum atomic E-state index is -0.156. The molecular formula is C26H29N5O4. The summed E-state index contributed by atoms with van der Waals surface area (Å²) in [4.78, 5) is 29.5. The summed E-state index contributed by atoms with van der Waals surface area (Å²) in [5.41, 5.74) is 3.20. The molecule has 0 aliphatic carbocycles. The number of hydrogen-bond donors (Lipinski definition) is 0. The number of fused-ring (bicyclic) bond motifs is 1. The molecule has 0 N–H and O–H groups in total. The molecule has 35 heavy (non-hydrogen) atoms. The van der Waals surface area contributed by atoms with E-state index in [2.05, 4.69) is 10.3 Å². The average molecular weight is 476 g/mol. The summed E-state index contributed by atoms with van der Waals surface area (Å²) in [6, 6.07) is 17.8. The van der Waals surface area contributed by atoms with Gasteiger partial charge >= 0.3 is 0 Å². The molecule has 0 spiro atoms. The standard InChI is InChI=1S/C26H29N5O4/c1-34-21-9-5-6-19(16-21)10-11-24(32)29-12-14-30(15-13-29)26(33)25-22-18-35-23(17-31(22)28-27-25)20-7-3-2-4-8-20/h2-9,16,23H,10-15,17-18H2,1H3/t23-/m1/s1. The third kappa shape index (κ3) is 5.05. The van der Waals surface area contributed by atoms with E-state index in [0.29, 0.717) is 57.0 Å². The highest BCUT2D eigenvalue weighted by atomic mass is 16.5. The van der Waals surface area contributed by atoms with Gasteiger partial charge in [0.05, 0.1) is 26.0 Å². The van der Waals surface area contributed by atoms with E-state index < -0.39 is 0 Å². The molecule has 0 unspecified atom stereocenters. The van der Waals surface area contributed by atoms with Crippen LogP contribution in [0, 0.1) is 0 Å². The maximum Gasteiger partial charge on any atom is 0.276 e. The predicted octanol–water partition coefficient (Wildman–Crippen LogP) is 2.48. The minimum absolute atomic E-state index is 0.0984. The van der Waals surface area contributed by atoms with Crippen LogP contribution in [0.4, 0.5) is 0 Å². The number of carbonyl (C=O) groups is 2. The van der Waals surface area contributed by atoms with Gasteiger partial charge in [-0.05, 0) is 29.7 Å². The zero-order chi connectivity index (χ0) is 24.2. The Kier molecular flexibility index (Phi) is 6.76. The highest BCUT2D eigenvalue weighted by molar-refractivity contribution is 5.93. The van der Waals surface area contributed by atoms with Crippen molar-refractivity contribution >= 4 is 11.8 Å². The average Bonchev–Trinajstić information content (AvgIpc) is 3.35. The lowest BCUT2D eigenvalue weighted by Crippen LogP contribution is -2.50. The zero-order valence-electron chi connectivity index (χ0n) is 19.8. The zero-order valence-corrected chi connectivity index (χ0v) is 19.8. The Morgan fingerprint density at radius 2 is 1.80 bits per heavy atom. The summed E-state index contributed by atoms with van der Waals surface area (Å²) in [6.07, 6.45) is 0.977. The lowest BCUT2D eigenvalue weighted by Gasteiger charge is -2.34. The van der Waals surface area contributed by atoms with Crippen LogP contribution in [0.15, 0.2) is 54.6 Å². The predicted molar refractivity (Wildman–Crippen MR) is 128 cm³/mol. The number of hydrogen-bond acceptors (Lipinski definition) is 6. The lowest BCUT2D eigenvalue weighted by molar-refractivity contribution is -0.132. The molecule has 1 fully saturated rings. The third-order valence-corrected chi connectivity index (χ3v) is 6.65. The van der Waals surface area contributed by atoms with Crippen molar-refractivity contribution in [2.45, 2.75) is 32.1 Å². The van der Waals surface area contributed by atoms with Crippen LogP contribution in [-0.4, -0.2) is 69.9 Å². The second-order valence-corrected chi connectivity index (χ2v) is 8.80. The van der Waals surface area contributed by atoms with Crippen LogP contribution in [0.5, 0.6) is 5.75 Å². The van der Waals surface area contributed by atoms with E-state index in [9.17, 15) is 9.59 Å². The van der Waals surface area contributed by atoms with Gasteiger partial charge < -0.3 is 19.3 Å². The smallest absolute Gasteiger partial charge is 0.276 e. The number of rotatable bonds is 6. The Morgan fingerprint density at radius 3 is 2.57 bits per heavy atom. The number of benzene rings is 2. The van der Waals surface area contributed by atoms with Crippen molar-refractivity contribution in [2.24, 2.45) is 0 Å². The van der Waals surface area contributed by atoms with Gasteiger partial charge in [-0.1, -0.05) is 47.7 Å². The molecule has 2 aliphatic heterocycles. The monoisotopic (exact) mass is 475 g/mol. The topological polar surface area (TPSA) is 89.8 Å². The summed E-state index contributed by atoms with van der Waals surface area (Å²) in [5, 5.41) is 8.41. The molecule has 1 saturated heterocycles. The van der Waals surface area contributed by atoms with Crippen LogP contribution in [-0.2, 0) is 29.1 Å². The number of methoxy groups -OCH3 is 1. The van der Waals surface area contributed by atoms with Crippen molar-refractivity contribution in [3.63, 3.8) is 0 Å². The second kappa shape index (κ2) is 10.3. The number of amides is 2. The van der Waals surface area contributed by atoms with Gasteiger partial charge in [-0.3, -0.25) is 9.59 Å². The van der Waals surface area contributed by atoms with E-state index in [4.69, 9.17) is 9.47 Å². The first-order valence-corrected chi connectivity index (χ1v) is 11.9. The molecular weight excluding hydrogens is 446 g/mol. The fraction of sp³-hybridized carbons (Fsp3) is 0.385. The maximum absolute atomic E-state index is 13.2. The van der Waals surface area contributed by atoms with Crippen molar-refractivity contribution < 1.29 is 19.1 Å². The molecule has 9 heteroatoms. The van der Waals surface area contributed by atoms with E-state index in [1.807, 2.05) is 59.5 Å². The number of aryl methyl sites for hydroxylation is 1. The summed E-state index contributed by atoms with van der Waals surface area (Å²) >= 11 is 0. The van der Waals surface area contributed by atoms with Crippen molar-refractivity contribution in [3.8, 4) is 5.75 Å². The first-order valence-electron chi connectivity index (χ1n) is 11.9. The molecule has 2 aliphatic rings. The fourth-order valence-corrected chi connectivity index (χ4v) is 4.59. The van der Waals surface area contributed by atoms with Gasteiger partial charge in [0.2, 0.25) is 5.91 Å². The highest BCUT2D eigenvalue weighted by Gasteiger charge is 2.31. The molecule has 1 aromatic heterocycles. The third-order valence-electron chi connectivity index (χ3n) is 6.65. The van der Waals surface area contributed by atoms with Crippen molar-refractivity contribution in [2.75, 3.05) is 33.3 Å². The number of carbonyl (C=O) groups excluding carboxylic acids is 2.